The van der Waals surface area contributed by atoms with Gasteiger partial charge in [0.2, 0.25) is 0 Å². The number of fused-ring (bicyclic) bond motifs is 1. The number of thiophene rings is 1. The average Bonchev–Trinajstić information content (AvgIpc) is 3.13. The van der Waals surface area contributed by atoms with Gasteiger partial charge in [0.05, 0.1) is 13.3 Å². The first-order chi connectivity index (χ1) is 13.1. The summed E-state index contributed by atoms with van der Waals surface area (Å²) in [5, 5.41) is 5.79. The Morgan fingerprint density at radius 1 is 1.37 bits per heavy atom. The third-order valence-corrected chi connectivity index (χ3v) is 5.05. The van der Waals surface area contributed by atoms with E-state index in [1.54, 1.807) is 16.2 Å². The number of ether oxygens (including phenoxy) is 2. The van der Waals surface area contributed by atoms with Gasteiger partial charge in [0.1, 0.15) is 0 Å². The molecule has 144 valence electrons. The summed E-state index contributed by atoms with van der Waals surface area (Å²) in [5.74, 6) is -0.0592. The molecule has 0 bridgehead atoms. The summed E-state index contributed by atoms with van der Waals surface area (Å²) in [5.41, 5.74) is 1.74. The Hall–Kier alpha value is -2.68. The maximum atomic E-state index is 12.3. The molecular formula is C18H18F2N2O4S. The molecular weight excluding hydrogens is 378 g/mol. The van der Waals surface area contributed by atoms with Crippen molar-refractivity contribution >= 4 is 23.5 Å². The Kier molecular flexibility index (Phi) is 6.23. The van der Waals surface area contributed by atoms with Crippen molar-refractivity contribution in [3.8, 4) is 11.5 Å². The minimum absolute atomic E-state index is 0.0707. The number of rotatable bonds is 7. The van der Waals surface area contributed by atoms with Gasteiger partial charge in [-0.3, -0.25) is 4.79 Å². The van der Waals surface area contributed by atoms with E-state index in [0.29, 0.717) is 18.7 Å². The van der Waals surface area contributed by atoms with Crippen molar-refractivity contribution in [2.24, 2.45) is 5.16 Å². The van der Waals surface area contributed by atoms with E-state index < -0.39 is 6.61 Å². The lowest BCUT2D eigenvalue weighted by Crippen LogP contribution is -2.37. The Bertz CT molecular complexity index is 825. The normalized spacial score (nSPS) is 13.7. The van der Waals surface area contributed by atoms with Crippen LogP contribution in [0.5, 0.6) is 11.5 Å². The van der Waals surface area contributed by atoms with Gasteiger partial charge in [-0.2, -0.15) is 8.78 Å². The Morgan fingerprint density at radius 3 is 3.00 bits per heavy atom. The van der Waals surface area contributed by atoms with E-state index in [1.165, 1.54) is 42.0 Å². The predicted molar refractivity (Wildman–Crippen MR) is 96.6 cm³/mol. The van der Waals surface area contributed by atoms with E-state index in [2.05, 4.69) is 9.89 Å². The molecule has 1 aromatic carbocycles. The Balaban J connectivity index is 1.51. The van der Waals surface area contributed by atoms with E-state index in [4.69, 9.17) is 9.57 Å². The van der Waals surface area contributed by atoms with Crippen molar-refractivity contribution in [2.45, 2.75) is 19.6 Å². The van der Waals surface area contributed by atoms with Gasteiger partial charge >= 0.3 is 6.61 Å². The van der Waals surface area contributed by atoms with Crippen LogP contribution in [0.15, 0.2) is 34.8 Å². The van der Waals surface area contributed by atoms with Gasteiger partial charge in [-0.1, -0.05) is 5.16 Å². The number of amides is 1. The molecule has 6 nitrogen and oxygen atoms in total. The number of carbonyl (C=O) groups is 1. The monoisotopic (exact) mass is 396 g/mol. The SMILES string of the molecule is COc1cc(/C=N/OCC(=O)N2CCc3sccc3C2)ccc1OC(F)F. The predicted octanol–water partition coefficient (Wildman–Crippen LogP) is 3.29. The van der Waals surface area contributed by atoms with E-state index in [9.17, 15) is 13.6 Å². The molecule has 1 amide bonds. The van der Waals surface area contributed by atoms with Crippen LogP contribution in [0.4, 0.5) is 8.78 Å². The van der Waals surface area contributed by atoms with Crippen molar-refractivity contribution in [3.63, 3.8) is 0 Å². The molecule has 0 saturated heterocycles. The lowest BCUT2D eigenvalue weighted by Gasteiger charge is -2.26. The smallest absolute Gasteiger partial charge is 0.387 e. The Labute approximate surface area is 158 Å². The maximum absolute atomic E-state index is 12.3. The summed E-state index contributed by atoms with van der Waals surface area (Å²) < 4.78 is 34.0. The largest absolute Gasteiger partial charge is 0.493 e. The lowest BCUT2D eigenvalue weighted by atomic mass is 10.1. The molecule has 2 heterocycles. The van der Waals surface area contributed by atoms with E-state index in [1.807, 2.05) is 11.4 Å². The van der Waals surface area contributed by atoms with Crippen LogP contribution in [-0.2, 0) is 22.6 Å². The second kappa shape index (κ2) is 8.81. The van der Waals surface area contributed by atoms with Crippen molar-refractivity contribution in [1.82, 2.24) is 4.90 Å². The van der Waals surface area contributed by atoms with Crippen LogP contribution in [-0.4, -0.2) is 43.9 Å². The molecule has 0 atom stereocenters. The Morgan fingerprint density at radius 2 is 2.22 bits per heavy atom. The molecule has 1 aliphatic heterocycles. The number of alkyl halides is 2. The first kappa shape index (κ1) is 19.1. The van der Waals surface area contributed by atoms with E-state index in [0.717, 1.165) is 6.42 Å². The third-order valence-electron chi connectivity index (χ3n) is 4.03. The molecule has 0 radical (unpaired) electrons. The second-order valence-corrected chi connectivity index (χ2v) is 6.73. The standard InChI is InChI=1S/C18H18F2N2O4S/c1-24-15-8-12(2-3-14(15)26-18(19)20)9-21-25-11-17(23)22-6-4-16-13(10-22)5-7-27-16/h2-3,5,7-9,18H,4,6,10-11H2,1H3/b21-9+. The highest BCUT2D eigenvalue weighted by atomic mass is 32.1. The lowest BCUT2D eigenvalue weighted by molar-refractivity contribution is -0.137. The average molecular weight is 396 g/mol. The van der Waals surface area contributed by atoms with Gasteiger partial charge in [-0.25, -0.2) is 0 Å². The number of hydrogen-bond acceptors (Lipinski definition) is 6. The molecule has 0 N–H and O–H groups in total. The minimum Gasteiger partial charge on any atom is -0.493 e. The van der Waals surface area contributed by atoms with Gasteiger partial charge in [0.25, 0.3) is 5.91 Å². The number of oxime groups is 1. The quantitative estimate of drug-likeness (QED) is 0.532. The summed E-state index contributed by atoms with van der Waals surface area (Å²) in [7, 11) is 1.35. The number of hydrogen-bond donors (Lipinski definition) is 0. The maximum Gasteiger partial charge on any atom is 0.387 e. The molecule has 3 rings (SSSR count). The number of nitrogens with zero attached hydrogens (tertiary/aromatic N) is 2. The summed E-state index contributed by atoms with van der Waals surface area (Å²) in [6, 6.07) is 6.39. The molecule has 2 aromatic rings. The topological polar surface area (TPSA) is 60.4 Å². The van der Waals surface area contributed by atoms with Crippen LogP contribution >= 0.6 is 11.3 Å². The molecule has 0 unspecified atom stereocenters. The molecule has 0 spiro atoms. The fourth-order valence-electron chi connectivity index (χ4n) is 2.70. The van der Waals surface area contributed by atoms with Gasteiger partial charge in [-0.05, 0) is 41.6 Å². The fourth-order valence-corrected chi connectivity index (χ4v) is 3.59. The molecule has 0 fully saturated rings. The second-order valence-electron chi connectivity index (χ2n) is 5.73. The van der Waals surface area contributed by atoms with E-state index >= 15 is 0 Å². The number of halogens is 2. The zero-order valence-electron chi connectivity index (χ0n) is 14.6. The van der Waals surface area contributed by atoms with Crippen LogP contribution in [0.25, 0.3) is 0 Å². The van der Waals surface area contributed by atoms with Crippen molar-refractivity contribution < 1.29 is 27.9 Å². The molecule has 0 aliphatic carbocycles. The van der Waals surface area contributed by atoms with Crippen LogP contribution in [0, 0.1) is 0 Å². The summed E-state index contributed by atoms with van der Waals surface area (Å²) >= 11 is 1.71. The van der Waals surface area contributed by atoms with Crippen LogP contribution in [0.3, 0.4) is 0 Å². The summed E-state index contributed by atoms with van der Waals surface area (Å²) in [6.07, 6.45) is 2.23. The van der Waals surface area contributed by atoms with Crippen LogP contribution in [0.2, 0.25) is 0 Å². The first-order valence-corrected chi connectivity index (χ1v) is 9.06. The van der Waals surface area contributed by atoms with Crippen molar-refractivity contribution in [3.05, 3.63) is 45.6 Å². The molecule has 1 aromatic heterocycles. The zero-order valence-corrected chi connectivity index (χ0v) is 15.4. The first-order valence-electron chi connectivity index (χ1n) is 8.18. The van der Waals surface area contributed by atoms with Gasteiger partial charge in [-0.15, -0.1) is 11.3 Å². The highest BCUT2D eigenvalue weighted by molar-refractivity contribution is 7.10. The number of carbonyl (C=O) groups excluding carboxylic acids is 1. The number of benzene rings is 1. The van der Waals surface area contributed by atoms with Gasteiger partial charge < -0.3 is 19.2 Å². The summed E-state index contributed by atoms with van der Waals surface area (Å²) in [4.78, 5) is 20.4. The minimum atomic E-state index is -2.94. The number of methoxy groups -OCH3 is 1. The van der Waals surface area contributed by atoms with Crippen molar-refractivity contribution in [1.29, 1.82) is 0 Å². The fraction of sp³-hybridized carbons (Fsp3) is 0.333. The van der Waals surface area contributed by atoms with Crippen LogP contribution in [0.1, 0.15) is 16.0 Å². The molecule has 0 saturated carbocycles. The van der Waals surface area contributed by atoms with Gasteiger partial charge in [0, 0.05) is 23.5 Å². The highest BCUT2D eigenvalue weighted by Gasteiger charge is 2.21. The summed E-state index contributed by atoms with van der Waals surface area (Å²) in [6.45, 7) is -1.84. The molecule has 9 heteroatoms. The van der Waals surface area contributed by atoms with E-state index in [-0.39, 0.29) is 24.0 Å². The zero-order chi connectivity index (χ0) is 19.2. The molecule has 1 aliphatic rings. The third kappa shape index (κ3) is 4.94. The molecule has 27 heavy (non-hydrogen) atoms. The van der Waals surface area contributed by atoms with Gasteiger partial charge in [0.15, 0.2) is 18.1 Å². The van der Waals surface area contributed by atoms with Crippen LogP contribution < -0.4 is 9.47 Å². The highest BCUT2D eigenvalue weighted by Crippen LogP contribution is 2.29. The van der Waals surface area contributed by atoms with Crippen molar-refractivity contribution in [2.75, 3.05) is 20.3 Å².